The lowest BCUT2D eigenvalue weighted by molar-refractivity contribution is -0.140. The van der Waals surface area contributed by atoms with Crippen LogP contribution in [-0.2, 0) is 19.1 Å². The van der Waals surface area contributed by atoms with Gasteiger partial charge in [-0.05, 0) is 43.5 Å². The highest BCUT2D eigenvalue weighted by Gasteiger charge is 2.46. The van der Waals surface area contributed by atoms with Gasteiger partial charge in [0.05, 0.1) is 31.9 Å². The summed E-state index contributed by atoms with van der Waals surface area (Å²) < 4.78 is 10.2. The Hall–Kier alpha value is -3.50. The summed E-state index contributed by atoms with van der Waals surface area (Å²) in [4.78, 5) is 49.3. The molecule has 2 aliphatic heterocycles. The van der Waals surface area contributed by atoms with E-state index in [4.69, 9.17) is 9.47 Å². The summed E-state index contributed by atoms with van der Waals surface area (Å²) in [5.41, 5.74) is 2.11. The third-order valence-electron chi connectivity index (χ3n) is 6.60. The Morgan fingerprint density at radius 2 is 1.89 bits per heavy atom. The topological polar surface area (TPSA) is 125 Å². The highest BCUT2D eigenvalue weighted by molar-refractivity contribution is 6.46. The Balaban J connectivity index is 1.72. The van der Waals surface area contributed by atoms with Gasteiger partial charge in [-0.1, -0.05) is 0 Å². The van der Waals surface area contributed by atoms with Gasteiger partial charge in [0.1, 0.15) is 11.5 Å². The third-order valence-corrected chi connectivity index (χ3v) is 6.60. The highest BCUT2D eigenvalue weighted by atomic mass is 16.5. The number of H-pyrrole nitrogens is 1. The number of pyridine rings is 1. The van der Waals surface area contributed by atoms with Crippen LogP contribution in [0.4, 0.5) is 0 Å². The zero-order valence-electron chi connectivity index (χ0n) is 20.2. The van der Waals surface area contributed by atoms with Crippen LogP contribution in [0.1, 0.15) is 45.3 Å². The van der Waals surface area contributed by atoms with Crippen molar-refractivity contribution < 1.29 is 29.0 Å². The van der Waals surface area contributed by atoms with Crippen LogP contribution in [0.5, 0.6) is 0 Å². The standard InChI is InChI=1S/C25H30N4O6/c1-15-18(16(2)27-20(15)25(33)34-3)22(30)19-21(17-5-7-26-8-6-17)29(24(32)23(19)31)10-4-9-28-11-13-35-14-12-28/h5-8,21,27,30H,4,9-14H2,1-3H3/t21-/m1/s1. The number of aryl methyl sites for hydroxylation is 1. The van der Waals surface area contributed by atoms with E-state index in [-0.39, 0.29) is 17.0 Å². The molecule has 2 aromatic rings. The summed E-state index contributed by atoms with van der Waals surface area (Å²) in [5, 5.41) is 11.4. The summed E-state index contributed by atoms with van der Waals surface area (Å²) in [6, 6.07) is 2.70. The van der Waals surface area contributed by atoms with Crippen LogP contribution in [0.2, 0.25) is 0 Å². The van der Waals surface area contributed by atoms with Crippen molar-refractivity contribution in [2.75, 3.05) is 46.5 Å². The van der Waals surface area contributed by atoms with Gasteiger partial charge in [-0.25, -0.2) is 4.79 Å². The number of rotatable bonds is 7. The van der Waals surface area contributed by atoms with Gasteiger partial charge in [0.25, 0.3) is 11.7 Å². The molecule has 0 radical (unpaired) electrons. The summed E-state index contributed by atoms with van der Waals surface area (Å²) in [6.07, 6.45) is 3.85. The van der Waals surface area contributed by atoms with Crippen LogP contribution in [0, 0.1) is 13.8 Å². The Morgan fingerprint density at radius 3 is 2.54 bits per heavy atom. The Kier molecular flexibility index (Phi) is 7.32. The first-order chi connectivity index (χ1) is 16.8. The van der Waals surface area contributed by atoms with Crippen molar-refractivity contribution in [1.29, 1.82) is 0 Å². The van der Waals surface area contributed by atoms with E-state index in [1.54, 1.807) is 38.4 Å². The molecule has 0 unspecified atom stereocenters. The van der Waals surface area contributed by atoms with Gasteiger partial charge in [-0.2, -0.15) is 0 Å². The number of nitrogens with zero attached hydrogens (tertiary/aromatic N) is 3. The lowest BCUT2D eigenvalue weighted by Gasteiger charge is -2.29. The normalized spacial score (nSPS) is 20.4. The molecule has 4 rings (SSSR count). The van der Waals surface area contributed by atoms with Crippen LogP contribution in [-0.4, -0.2) is 89.0 Å². The lowest BCUT2D eigenvalue weighted by atomic mass is 9.94. The number of likely N-dealkylation sites (tertiary alicyclic amines) is 1. The van der Waals surface area contributed by atoms with Gasteiger partial charge < -0.3 is 24.5 Å². The minimum atomic E-state index is -0.766. The summed E-state index contributed by atoms with van der Waals surface area (Å²) in [7, 11) is 1.27. The second-order valence-corrected chi connectivity index (χ2v) is 8.70. The maximum absolute atomic E-state index is 13.2. The second-order valence-electron chi connectivity index (χ2n) is 8.70. The molecule has 1 atom stereocenters. The smallest absolute Gasteiger partial charge is 0.354 e. The molecule has 35 heavy (non-hydrogen) atoms. The van der Waals surface area contributed by atoms with Gasteiger partial charge in [0, 0.05) is 49.8 Å². The molecule has 2 aliphatic rings. The fraction of sp³-hybridized carbons (Fsp3) is 0.440. The highest BCUT2D eigenvalue weighted by Crippen LogP contribution is 2.40. The molecular weight excluding hydrogens is 452 g/mol. The molecule has 2 N–H and O–H groups in total. The molecule has 2 aromatic heterocycles. The number of Topliss-reactive ketones (excluding diaryl/α,β-unsaturated/α-hetero) is 1. The van der Waals surface area contributed by atoms with Crippen molar-refractivity contribution in [2.45, 2.75) is 26.3 Å². The molecule has 0 aromatic carbocycles. The molecule has 10 nitrogen and oxygen atoms in total. The number of morpholine rings is 1. The minimum absolute atomic E-state index is 0.00538. The van der Waals surface area contributed by atoms with Crippen LogP contribution in [0.15, 0.2) is 30.1 Å². The molecule has 10 heteroatoms. The fourth-order valence-corrected chi connectivity index (χ4v) is 4.84. The van der Waals surface area contributed by atoms with Crippen LogP contribution in [0.3, 0.4) is 0 Å². The molecule has 2 saturated heterocycles. The molecule has 0 spiro atoms. The van der Waals surface area contributed by atoms with Crippen LogP contribution < -0.4 is 0 Å². The number of aliphatic hydroxyl groups is 1. The van der Waals surface area contributed by atoms with E-state index in [1.807, 2.05) is 0 Å². The first-order valence-electron chi connectivity index (χ1n) is 11.6. The summed E-state index contributed by atoms with van der Waals surface area (Å²) >= 11 is 0. The second kappa shape index (κ2) is 10.4. The number of methoxy groups -OCH3 is 1. The number of nitrogens with one attached hydrogen (secondary N) is 1. The van der Waals surface area contributed by atoms with Gasteiger partial charge >= 0.3 is 5.97 Å². The fourth-order valence-electron chi connectivity index (χ4n) is 4.84. The van der Waals surface area contributed by atoms with Gasteiger partial charge in [-0.15, -0.1) is 0 Å². The first-order valence-corrected chi connectivity index (χ1v) is 11.6. The largest absolute Gasteiger partial charge is 0.507 e. The van der Waals surface area contributed by atoms with Crippen molar-refractivity contribution in [3.05, 3.63) is 58.2 Å². The Morgan fingerprint density at radius 1 is 1.20 bits per heavy atom. The number of hydrogen-bond donors (Lipinski definition) is 2. The zero-order valence-corrected chi connectivity index (χ0v) is 20.2. The van der Waals surface area contributed by atoms with Gasteiger partial charge in [0.15, 0.2) is 0 Å². The molecular formula is C25H30N4O6. The van der Waals surface area contributed by atoms with Crippen molar-refractivity contribution in [2.24, 2.45) is 0 Å². The quantitative estimate of drug-likeness (QED) is 0.266. The Bertz CT molecular complexity index is 1150. The number of ether oxygens (including phenoxy) is 2. The van der Waals surface area contributed by atoms with E-state index in [2.05, 4.69) is 14.9 Å². The summed E-state index contributed by atoms with van der Waals surface area (Å²) in [5.74, 6) is -2.31. The van der Waals surface area contributed by atoms with E-state index in [0.717, 1.165) is 19.6 Å². The number of aromatic nitrogens is 2. The molecule has 2 fully saturated rings. The number of aromatic amines is 1. The van der Waals surface area contributed by atoms with E-state index >= 15 is 0 Å². The molecule has 4 heterocycles. The van der Waals surface area contributed by atoms with Crippen LogP contribution >= 0.6 is 0 Å². The lowest BCUT2D eigenvalue weighted by Crippen LogP contribution is -2.38. The van der Waals surface area contributed by atoms with Crippen molar-refractivity contribution in [1.82, 2.24) is 19.8 Å². The van der Waals surface area contributed by atoms with E-state index in [9.17, 15) is 19.5 Å². The van der Waals surface area contributed by atoms with Crippen molar-refractivity contribution in [3.8, 4) is 0 Å². The molecule has 1 amide bonds. The van der Waals surface area contributed by atoms with Gasteiger partial charge in [-0.3, -0.25) is 19.5 Å². The molecule has 186 valence electrons. The number of carbonyl (C=O) groups excluding carboxylic acids is 3. The number of aliphatic hydroxyl groups excluding tert-OH is 1. The number of hydrogen-bond acceptors (Lipinski definition) is 8. The average molecular weight is 483 g/mol. The predicted molar refractivity (Wildman–Crippen MR) is 127 cm³/mol. The third kappa shape index (κ3) is 4.71. The van der Waals surface area contributed by atoms with E-state index in [1.165, 1.54) is 12.0 Å². The first kappa shape index (κ1) is 24.6. The van der Waals surface area contributed by atoms with Crippen molar-refractivity contribution in [3.63, 3.8) is 0 Å². The number of esters is 1. The molecule has 0 saturated carbocycles. The monoisotopic (exact) mass is 482 g/mol. The van der Waals surface area contributed by atoms with E-state index < -0.39 is 23.7 Å². The maximum Gasteiger partial charge on any atom is 0.354 e. The minimum Gasteiger partial charge on any atom is -0.507 e. The van der Waals surface area contributed by atoms with Crippen molar-refractivity contribution >= 4 is 23.4 Å². The average Bonchev–Trinajstić information content (AvgIpc) is 3.31. The maximum atomic E-state index is 13.2. The number of carbonyl (C=O) groups is 3. The van der Waals surface area contributed by atoms with Crippen LogP contribution in [0.25, 0.3) is 5.76 Å². The number of amides is 1. The Labute approximate surface area is 203 Å². The molecule has 0 aliphatic carbocycles. The predicted octanol–water partition coefficient (Wildman–Crippen LogP) is 1.96. The molecule has 0 bridgehead atoms. The SMILES string of the molecule is COC(=O)c1[nH]c(C)c(C(O)=C2C(=O)C(=O)N(CCCN3CCOCC3)[C@@H]2c2ccncc2)c1C. The van der Waals surface area contributed by atoms with Gasteiger partial charge in [0.2, 0.25) is 0 Å². The summed E-state index contributed by atoms with van der Waals surface area (Å²) in [6.45, 7) is 7.51. The zero-order chi connectivity index (χ0) is 25.1. The van der Waals surface area contributed by atoms with E-state index in [0.29, 0.717) is 48.6 Å². The number of ketones is 1.